The van der Waals surface area contributed by atoms with Crippen molar-refractivity contribution in [1.29, 1.82) is 0 Å². The lowest BCUT2D eigenvalue weighted by Crippen LogP contribution is -2.32. The number of likely N-dealkylation sites (tertiary alicyclic amines) is 1. The summed E-state index contributed by atoms with van der Waals surface area (Å²) in [5.41, 5.74) is 2.04. The number of ether oxygens (including phenoxy) is 2. The molecule has 41 heavy (non-hydrogen) atoms. The zero-order valence-corrected chi connectivity index (χ0v) is 22.4. The first-order valence-corrected chi connectivity index (χ1v) is 13.8. The van der Waals surface area contributed by atoms with Crippen LogP contribution in [0.1, 0.15) is 24.0 Å². The highest BCUT2D eigenvalue weighted by Crippen LogP contribution is 2.32. The Bertz CT molecular complexity index is 1360. The number of carbonyl (C=O) groups excluding carboxylic acids is 3. The Kier molecular flexibility index (Phi) is 7.69. The monoisotopic (exact) mass is 569 g/mol. The first-order valence-electron chi connectivity index (χ1n) is 13.8. The first kappa shape index (κ1) is 27.3. The minimum atomic E-state index is -0.532. The van der Waals surface area contributed by atoms with Crippen LogP contribution in [0.25, 0.3) is 0 Å². The average molecular weight is 570 g/mol. The number of nitrogens with one attached hydrogen (secondary N) is 3. The van der Waals surface area contributed by atoms with E-state index >= 15 is 0 Å². The number of hydrogen-bond donors (Lipinski definition) is 4. The molecule has 4 aliphatic rings. The van der Waals surface area contributed by atoms with Crippen LogP contribution >= 0.6 is 0 Å². The molecule has 14 heteroatoms. The largest absolute Gasteiger partial charge is 0.465 e. The number of nitrogens with zero attached hydrogens (tertiary/aromatic N) is 4. The van der Waals surface area contributed by atoms with Crippen LogP contribution in [-0.4, -0.2) is 96.0 Å². The molecule has 2 aromatic rings. The summed E-state index contributed by atoms with van der Waals surface area (Å²) >= 11 is 0. The Hall–Kier alpha value is -3.88. The summed E-state index contributed by atoms with van der Waals surface area (Å²) in [6, 6.07) is 3.22. The second kappa shape index (κ2) is 11.5. The van der Waals surface area contributed by atoms with E-state index in [2.05, 4.69) is 25.9 Å². The van der Waals surface area contributed by atoms with E-state index in [1.54, 1.807) is 0 Å². The third-order valence-electron chi connectivity index (χ3n) is 7.74. The normalized spacial score (nSPS) is 23.6. The molecule has 6 rings (SSSR count). The van der Waals surface area contributed by atoms with Crippen LogP contribution in [0, 0.1) is 11.7 Å². The second-order valence-electron chi connectivity index (χ2n) is 10.9. The molecule has 0 saturated carbocycles. The summed E-state index contributed by atoms with van der Waals surface area (Å²) in [7, 11) is 0. The van der Waals surface area contributed by atoms with Gasteiger partial charge in [-0.05, 0) is 68.0 Å². The molecular formula is C27H32FN7O6. The fraction of sp³-hybridized carbons (Fsp3) is 0.519. The van der Waals surface area contributed by atoms with Crippen LogP contribution in [0.2, 0.25) is 0 Å². The molecule has 4 heterocycles. The summed E-state index contributed by atoms with van der Waals surface area (Å²) in [5.74, 6) is -0.0222. The van der Waals surface area contributed by atoms with Crippen molar-refractivity contribution in [2.24, 2.45) is 5.92 Å². The van der Waals surface area contributed by atoms with Gasteiger partial charge in [0.2, 0.25) is 5.91 Å². The predicted octanol–water partition coefficient (Wildman–Crippen LogP) is 0.672. The van der Waals surface area contributed by atoms with Gasteiger partial charge in [0.1, 0.15) is 11.9 Å². The molecule has 4 N–H and O–H groups in total. The molecule has 13 nitrogen and oxygen atoms in total. The lowest BCUT2D eigenvalue weighted by Gasteiger charge is -2.18. The standard InChI is InChI=1S/C27H32FN7O6/c28-21-8-17(31-23(37)13-34-4-2-18(36)11-34)7-16-5-15(6-20(16)21)9-29-3-1-19-12-35(27(39)41-19)22-10-30-26-25(32-22)33-24(38)14-40-26/h7-8,10,15,18-19,29,36H,1-6,9,11-14H2,(H,31,37)(H,32,33,38)/t15?,18-,19?/m1/s1. The Morgan fingerprint density at radius 1 is 1.24 bits per heavy atom. The zero-order chi connectivity index (χ0) is 28.5. The van der Waals surface area contributed by atoms with Gasteiger partial charge >= 0.3 is 6.09 Å². The van der Waals surface area contributed by atoms with Crippen molar-refractivity contribution in [2.45, 2.75) is 37.9 Å². The van der Waals surface area contributed by atoms with Crippen LogP contribution < -0.4 is 25.6 Å². The molecule has 3 atom stereocenters. The Morgan fingerprint density at radius 2 is 2.12 bits per heavy atom. The average Bonchev–Trinajstić information content (AvgIpc) is 3.64. The summed E-state index contributed by atoms with van der Waals surface area (Å²) in [4.78, 5) is 48.0. The van der Waals surface area contributed by atoms with Gasteiger partial charge in [0.15, 0.2) is 18.2 Å². The van der Waals surface area contributed by atoms with Crippen molar-refractivity contribution in [3.63, 3.8) is 0 Å². The maximum Gasteiger partial charge on any atom is 0.415 e. The molecule has 218 valence electrons. The summed E-state index contributed by atoms with van der Waals surface area (Å²) < 4.78 is 25.5. The van der Waals surface area contributed by atoms with Crippen LogP contribution in [0.15, 0.2) is 18.3 Å². The quantitative estimate of drug-likeness (QED) is 0.316. The lowest BCUT2D eigenvalue weighted by molar-refractivity contribution is -0.119. The number of β-amino-alcohol motifs (C(OH)–C–C–N with tert-alkyl or cyclic N) is 1. The molecule has 2 unspecified atom stereocenters. The van der Waals surface area contributed by atoms with Gasteiger partial charge in [0, 0.05) is 18.8 Å². The number of anilines is 3. The van der Waals surface area contributed by atoms with E-state index < -0.39 is 12.2 Å². The smallest absolute Gasteiger partial charge is 0.415 e. The van der Waals surface area contributed by atoms with Crippen molar-refractivity contribution in [3.05, 3.63) is 35.3 Å². The SMILES string of the molecule is O=C(CN1CC[C@@H](O)C1)Nc1cc(F)c2c(c1)CC(CNCCC1CN(c3cnc4c(n3)NC(=O)CO4)C(=O)O1)C2. The number of hydrogen-bond acceptors (Lipinski definition) is 10. The highest BCUT2D eigenvalue weighted by Gasteiger charge is 2.34. The van der Waals surface area contributed by atoms with Crippen LogP contribution in [0.5, 0.6) is 5.88 Å². The number of aliphatic hydroxyl groups excluding tert-OH is 1. The van der Waals surface area contributed by atoms with Crippen LogP contribution in [-0.2, 0) is 27.2 Å². The first-order chi connectivity index (χ1) is 19.8. The van der Waals surface area contributed by atoms with Gasteiger partial charge in [0.05, 0.1) is 25.4 Å². The third-order valence-corrected chi connectivity index (χ3v) is 7.74. The second-order valence-corrected chi connectivity index (χ2v) is 10.9. The van der Waals surface area contributed by atoms with Crippen LogP contribution in [0.4, 0.5) is 26.5 Å². The van der Waals surface area contributed by atoms with E-state index in [0.29, 0.717) is 69.7 Å². The topological polar surface area (TPSA) is 158 Å². The molecular weight excluding hydrogens is 537 g/mol. The van der Waals surface area contributed by atoms with E-state index in [4.69, 9.17) is 9.47 Å². The minimum absolute atomic E-state index is 0.130. The van der Waals surface area contributed by atoms with Crippen molar-refractivity contribution < 1.29 is 33.4 Å². The lowest BCUT2D eigenvalue weighted by atomic mass is 10.1. The number of rotatable bonds is 9. The van der Waals surface area contributed by atoms with E-state index in [1.807, 2.05) is 11.0 Å². The summed E-state index contributed by atoms with van der Waals surface area (Å²) in [6.45, 7) is 2.77. The molecule has 2 saturated heterocycles. The van der Waals surface area contributed by atoms with Gasteiger partial charge in [-0.2, -0.15) is 0 Å². The molecule has 0 spiro atoms. The van der Waals surface area contributed by atoms with Crippen molar-refractivity contribution in [3.8, 4) is 5.88 Å². The Balaban J connectivity index is 0.948. The minimum Gasteiger partial charge on any atom is -0.465 e. The third kappa shape index (κ3) is 6.24. The van der Waals surface area contributed by atoms with Crippen molar-refractivity contribution in [2.75, 3.05) is 61.4 Å². The molecule has 3 amide bonds. The van der Waals surface area contributed by atoms with Gasteiger partial charge in [-0.3, -0.25) is 19.4 Å². The number of amides is 3. The molecule has 1 aromatic carbocycles. The number of fused-ring (bicyclic) bond motifs is 2. The Morgan fingerprint density at radius 3 is 2.95 bits per heavy atom. The van der Waals surface area contributed by atoms with E-state index in [0.717, 1.165) is 5.56 Å². The fourth-order valence-corrected chi connectivity index (χ4v) is 5.77. The van der Waals surface area contributed by atoms with E-state index in [-0.39, 0.29) is 60.3 Å². The van der Waals surface area contributed by atoms with Crippen molar-refractivity contribution >= 4 is 35.2 Å². The van der Waals surface area contributed by atoms with Gasteiger partial charge < -0.3 is 30.5 Å². The molecule has 0 radical (unpaired) electrons. The molecule has 1 aliphatic carbocycles. The van der Waals surface area contributed by atoms with E-state index in [9.17, 15) is 23.9 Å². The number of cyclic esters (lactones) is 1. The van der Waals surface area contributed by atoms with Gasteiger partial charge in [0.25, 0.3) is 11.8 Å². The number of aromatic nitrogens is 2. The van der Waals surface area contributed by atoms with E-state index in [1.165, 1.54) is 17.2 Å². The maximum absolute atomic E-state index is 14.8. The van der Waals surface area contributed by atoms with Gasteiger partial charge in [-0.25, -0.2) is 19.2 Å². The highest BCUT2D eigenvalue weighted by molar-refractivity contribution is 5.95. The molecule has 1 aromatic heterocycles. The highest BCUT2D eigenvalue weighted by atomic mass is 19.1. The van der Waals surface area contributed by atoms with Gasteiger partial charge in [-0.15, -0.1) is 0 Å². The molecule has 2 fully saturated rings. The van der Waals surface area contributed by atoms with Crippen molar-refractivity contribution in [1.82, 2.24) is 20.2 Å². The molecule has 3 aliphatic heterocycles. The van der Waals surface area contributed by atoms with Gasteiger partial charge in [-0.1, -0.05) is 0 Å². The number of benzene rings is 1. The number of carbonyl (C=O) groups is 3. The zero-order valence-electron chi connectivity index (χ0n) is 22.4. The Labute approximate surface area is 235 Å². The number of halogens is 1. The predicted molar refractivity (Wildman–Crippen MR) is 144 cm³/mol. The maximum atomic E-state index is 14.8. The number of aliphatic hydroxyl groups is 1. The summed E-state index contributed by atoms with van der Waals surface area (Å²) in [6.07, 6.45) is 2.68. The summed E-state index contributed by atoms with van der Waals surface area (Å²) in [5, 5.41) is 18.4. The van der Waals surface area contributed by atoms with Crippen LogP contribution in [0.3, 0.4) is 0 Å². The molecule has 0 bridgehead atoms. The fourth-order valence-electron chi connectivity index (χ4n) is 5.77.